The Bertz CT molecular complexity index is 739. The van der Waals surface area contributed by atoms with Crippen LogP contribution in [0.1, 0.15) is 5.56 Å². The van der Waals surface area contributed by atoms with Gasteiger partial charge >= 0.3 is 0 Å². The number of amides is 1. The van der Waals surface area contributed by atoms with Gasteiger partial charge in [0, 0.05) is 12.2 Å². The second-order valence-corrected chi connectivity index (χ2v) is 7.06. The van der Waals surface area contributed by atoms with Crippen LogP contribution in [0.15, 0.2) is 48.5 Å². The molecule has 1 saturated heterocycles. The van der Waals surface area contributed by atoms with E-state index < -0.39 is 0 Å². The van der Waals surface area contributed by atoms with Crippen LogP contribution in [0.4, 0.5) is 5.69 Å². The molecule has 2 aromatic rings. The zero-order valence-electron chi connectivity index (χ0n) is 16.7. The fraction of sp³-hybridized carbons (Fsp3) is 0.409. The van der Waals surface area contributed by atoms with E-state index in [1.807, 2.05) is 36.4 Å². The van der Waals surface area contributed by atoms with Crippen LogP contribution in [0.5, 0.6) is 11.5 Å². The molecule has 150 valence electrons. The van der Waals surface area contributed by atoms with Crippen molar-refractivity contribution in [1.29, 1.82) is 0 Å². The van der Waals surface area contributed by atoms with E-state index in [2.05, 4.69) is 22.3 Å². The molecule has 2 aromatic carbocycles. The van der Waals surface area contributed by atoms with E-state index in [1.54, 1.807) is 14.2 Å². The molecule has 28 heavy (non-hydrogen) atoms. The van der Waals surface area contributed by atoms with E-state index in [-0.39, 0.29) is 5.91 Å². The number of carbonyl (C=O) groups excluding carboxylic acids is 1. The minimum Gasteiger partial charge on any atom is -0.497 e. The highest BCUT2D eigenvalue weighted by molar-refractivity contribution is 5.76. The Balaban J connectivity index is 1.36. The lowest BCUT2D eigenvalue weighted by Crippen LogP contribution is -3.16. The van der Waals surface area contributed by atoms with Crippen molar-refractivity contribution in [2.75, 3.05) is 58.4 Å². The number of anilines is 1. The normalized spacial score (nSPS) is 14.6. The molecule has 0 radical (unpaired) electrons. The highest BCUT2D eigenvalue weighted by Crippen LogP contribution is 2.18. The van der Waals surface area contributed by atoms with Gasteiger partial charge in [-0.1, -0.05) is 12.1 Å². The van der Waals surface area contributed by atoms with Gasteiger partial charge in [-0.2, -0.15) is 0 Å². The molecular weight excluding hydrogens is 354 g/mol. The molecule has 1 fully saturated rings. The topological polar surface area (TPSA) is 55.2 Å². The summed E-state index contributed by atoms with van der Waals surface area (Å²) in [7, 11) is 3.34. The number of hydrogen-bond donors (Lipinski definition) is 2. The molecular formula is C22H30N3O3+. The maximum absolute atomic E-state index is 12.2. The number of nitrogens with zero attached hydrogens (tertiary/aromatic N) is 1. The number of rotatable bonds is 8. The number of nitrogens with one attached hydrogen (secondary N) is 2. The molecule has 0 atom stereocenters. The smallest absolute Gasteiger partial charge is 0.275 e. The van der Waals surface area contributed by atoms with Crippen LogP contribution in [-0.4, -0.2) is 59.4 Å². The molecule has 0 bridgehead atoms. The lowest BCUT2D eigenvalue weighted by Gasteiger charge is -2.33. The number of hydrogen-bond acceptors (Lipinski definition) is 4. The predicted octanol–water partition coefficient (Wildman–Crippen LogP) is 0.768. The van der Waals surface area contributed by atoms with Gasteiger partial charge in [-0.15, -0.1) is 0 Å². The molecule has 1 aliphatic heterocycles. The molecule has 0 saturated carbocycles. The summed E-state index contributed by atoms with van der Waals surface area (Å²) in [6, 6.07) is 16.1. The summed E-state index contributed by atoms with van der Waals surface area (Å²) >= 11 is 0. The highest BCUT2D eigenvalue weighted by Gasteiger charge is 2.22. The van der Waals surface area contributed by atoms with E-state index in [4.69, 9.17) is 9.47 Å². The monoisotopic (exact) mass is 384 g/mol. The predicted molar refractivity (Wildman–Crippen MR) is 110 cm³/mol. The zero-order valence-corrected chi connectivity index (χ0v) is 16.7. The van der Waals surface area contributed by atoms with Crippen LogP contribution in [0, 0.1) is 0 Å². The first-order chi connectivity index (χ1) is 13.7. The molecule has 1 amide bonds. The third-order valence-corrected chi connectivity index (χ3v) is 5.21. The number of ether oxygens (including phenoxy) is 2. The largest absolute Gasteiger partial charge is 0.497 e. The van der Waals surface area contributed by atoms with E-state index in [0.29, 0.717) is 13.1 Å². The lowest BCUT2D eigenvalue weighted by atomic mass is 10.1. The van der Waals surface area contributed by atoms with Crippen molar-refractivity contribution in [2.45, 2.75) is 6.42 Å². The van der Waals surface area contributed by atoms with Crippen LogP contribution in [0.25, 0.3) is 0 Å². The number of carbonyl (C=O) groups is 1. The molecule has 6 heteroatoms. The van der Waals surface area contributed by atoms with Crippen molar-refractivity contribution in [2.24, 2.45) is 0 Å². The SMILES string of the molecule is COc1ccc(CCNC(=O)C[NH+]2CCN(c3ccc(OC)cc3)CC2)cc1. The van der Waals surface area contributed by atoms with Gasteiger partial charge in [0.25, 0.3) is 5.91 Å². The van der Waals surface area contributed by atoms with Crippen LogP contribution in [0.3, 0.4) is 0 Å². The van der Waals surface area contributed by atoms with Gasteiger partial charge in [0.2, 0.25) is 0 Å². The van der Waals surface area contributed by atoms with Crippen molar-refractivity contribution in [3.8, 4) is 11.5 Å². The van der Waals surface area contributed by atoms with Crippen molar-refractivity contribution >= 4 is 11.6 Å². The number of piperazine rings is 1. The second kappa shape index (κ2) is 9.99. The Labute approximate surface area is 167 Å². The summed E-state index contributed by atoms with van der Waals surface area (Å²) in [4.78, 5) is 15.9. The molecule has 0 spiro atoms. The average Bonchev–Trinajstić information content (AvgIpc) is 2.75. The second-order valence-electron chi connectivity index (χ2n) is 7.06. The van der Waals surface area contributed by atoms with Crippen molar-refractivity contribution in [1.82, 2.24) is 5.32 Å². The number of methoxy groups -OCH3 is 2. The minimum atomic E-state index is 0.126. The molecule has 0 aliphatic carbocycles. The average molecular weight is 385 g/mol. The molecule has 2 N–H and O–H groups in total. The van der Waals surface area contributed by atoms with E-state index in [1.165, 1.54) is 16.2 Å². The van der Waals surface area contributed by atoms with Gasteiger partial charge in [0.05, 0.1) is 40.4 Å². The molecule has 1 aliphatic rings. The molecule has 1 heterocycles. The standard InChI is InChI=1S/C22H29N3O3/c1-27-20-7-3-18(4-8-20)11-12-23-22(26)17-24-13-15-25(16-14-24)19-5-9-21(28-2)10-6-19/h3-10H,11-17H2,1-2H3,(H,23,26)/p+1. The molecule has 0 aromatic heterocycles. The fourth-order valence-electron chi connectivity index (χ4n) is 3.48. The first-order valence-electron chi connectivity index (χ1n) is 9.80. The number of quaternary nitrogens is 1. The van der Waals surface area contributed by atoms with E-state index in [9.17, 15) is 4.79 Å². The molecule has 3 rings (SSSR count). The Kier molecular flexibility index (Phi) is 7.14. The van der Waals surface area contributed by atoms with Crippen LogP contribution in [0.2, 0.25) is 0 Å². The minimum absolute atomic E-state index is 0.126. The van der Waals surface area contributed by atoms with Gasteiger partial charge in [-0.05, 0) is 48.4 Å². The van der Waals surface area contributed by atoms with Gasteiger partial charge in [-0.3, -0.25) is 4.79 Å². The summed E-state index contributed by atoms with van der Waals surface area (Å²) in [5.74, 6) is 1.85. The third kappa shape index (κ3) is 5.63. The van der Waals surface area contributed by atoms with Crippen LogP contribution in [-0.2, 0) is 11.2 Å². The third-order valence-electron chi connectivity index (χ3n) is 5.21. The van der Waals surface area contributed by atoms with Crippen LogP contribution < -0.4 is 24.6 Å². The Morgan fingerprint density at radius 3 is 2.11 bits per heavy atom. The fourth-order valence-corrected chi connectivity index (χ4v) is 3.48. The Hall–Kier alpha value is -2.73. The Morgan fingerprint density at radius 2 is 1.54 bits per heavy atom. The van der Waals surface area contributed by atoms with Crippen molar-refractivity contribution in [3.05, 3.63) is 54.1 Å². The maximum Gasteiger partial charge on any atom is 0.275 e. The van der Waals surface area contributed by atoms with Crippen LogP contribution >= 0.6 is 0 Å². The summed E-state index contributed by atoms with van der Waals surface area (Å²) < 4.78 is 10.4. The van der Waals surface area contributed by atoms with E-state index in [0.717, 1.165) is 44.1 Å². The van der Waals surface area contributed by atoms with Gasteiger partial charge in [0.15, 0.2) is 6.54 Å². The summed E-state index contributed by atoms with van der Waals surface area (Å²) in [6.07, 6.45) is 0.830. The maximum atomic E-state index is 12.2. The lowest BCUT2D eigenvalue weighted by molar-refractivity contribution is -0.892. The van der Waals surface area contributed by atoms with E-state index >= 15 is 0 Å². The molecule has 0 unspecified atom stereocenters. The Morgan fingerprint density at radius 1 is 0.964 bits per heavy atom. The summed E-state index contributed by atoms with van der Waals surface area (Å²) in [6.45, 7) is 5.06. The number of benzene rings is 2. The zero-order chi connectivity index (χ0) is 19.8. The van der Waals surface area contributed by atoms with Gasteiger partial charge in [0.1, 0.15) is 11.5 Å². The summed E-state index contributed by atoms with van der Waals surface area (Å²) in [5.41, 5.74) is 2.41. The highest BCUT2D eigenvalue weighted by atomic mass is 16.5. The quantitative estimate of drug-likeness (QED) is 0.706. The van der Waals surface area contributed by atoms with Crippen molar-refractivity contribution < 1.29 is 19.2 Å². The first-order valence-corrected chi connectivity index (χ1v) is 9.80. The first kappa shape index (κ1) is 20.0. The van der Waals surface area contributed by atoms with Crippen molar-refractivity contribution in [3.63, 3.8) is 0 Å². The van der Waals surface area contributed by atoms with Gasteiger partial charge in [-0.25, -0.2) is 0 Å². The molecule has 6 nitrogen and oxygen atoms in total. The summed E-state index contributed by atoms with van der Waals surface area (Å²) in [5, 5.41) is 3.04. The van der Waals surface area contributed by atoms with Gasteiger partial charge < -0.3 is 24.6 Å².